The van der Waals surface area contributed by atoms with Gasteiger partial charge in [-0.2, -0.15) is 0 Å². The van der Waals surface area contributed by atoms with Gasteiger partial charge in [0.2, 0.25) is 0 Å². The van der Waals surface area contributed by atoms with Gasteiger partial charge in [-0.1, -0.05) is 22.0 Å². The van der Waals surface area contributed by atoms with Crippen LogP contribution in [0.1, 0.15) is 23.2 Å². The van der Waals surface area contributed by atoms with Crippen molar-refractivity contribution >= 4 is 33.6 Å². The molecule has 1 amide bonds. The normalized spacial score (nSPS) is 9.79. The number of halogens is 1. The fourth-order valence-corrected chi connectivity index (χ4v) is 1.74. The lowest BCUT2D eigenvalue weighted by atomic mass is 10.2. The zero-order chi connectivity index (χ0) is 14.3. The van der Waals surface area contributed by atoms with Crippen LogP contribution in [-0.2, 0) is 14.3 Å². The van der Waals surface area contributed by atoms with Gasteiger partial charge in [0.05, 0.1) is 20.1 Å². The molecule has 5 nitrogen and oxygen atoms in total. The van der Waals surface area contributed by atoms with Gasteiger partial charge in [0.15, 0.2) is 5.78 Å². The number of nitrogens with one attached hydrogen (secondary N) is 1. The molecular formula is C13H14BrNO4. The van der Waals surface area contributed by atoms with Crippen molar-refractivity contribution in [3.8, 4) is 0 Å². The molecule has 0 saturated carbocycles. The number of carbonyl (C=O) groups excluding carboxylic acids is 3. The summed E-state index contributed by atoms with van der Waals surface area (Å²) in [4.78, 5) is 34.0. The van der Waals surface area contributed by atoms with E-state index in [0.717, 1.165) is 4.47 Å². The van der Waals surface area contributed by atoms with Gasteiger partial charge in [-0.05, 0) is 18.2 Å². The summed E-state index contributed by atoms with van der Waals surface area (Å²) in [6.45, 7) is -0.0949. The summed E-state index contributed by atoms with van der Waals surface area (Å²) in [5.74, 6) is -0.979. The molecule has 102 valence electrons. The molecule has 0 unspecified atom stereocenters. The van der Waals surface area contributed by atoms with Crippen molar-refractivity contribution in [3.05, 3.63) is 34.3 Å². The second kappa shape index (κ2) is 7.68. The Kier molecular flexibility index (Phi) is 6.21. The molecule has 1 N–H and O–H groups in total. The number of Topliss-reactive ketones (excluding diaryl/α,β-unsaturated/α-hetero) is 1. The van der Waals surface area contributed by atoms with Crippen molar-refractivity contribution < 1.29 is 19.1 Å². The number of rotatable bonds is 6. The van der Waals surface area contributed by atoms with Crippen molar-refractivity contribution in [1.29, 1.82) is 0 Å². The summed E-state index contributed by atoms with van der Waals surface area (Å²) >= 11 is 3.26. The molecule has 19 heavy (non-hydrogen) atoms. The molecule has 0 saturated heterocycles. The van der Waals surface area contributed by atoms with E-state index in [0.29, 0.717) is 5.56 Å². The average Bonchev–Trinajstić information content (AvgIpc) is 2.41. The fraction of sp³-hybridized carbons (Fsp3) is 0.308. The van der Waals surface area contributed by atoms with Crippen LogP contribution in [0.15, 0.2) is 28.7 Å². The minimum absolute atomic E-state index is 0.0299. The average molecular weight is 328 g/mol. The molecule has 0 spiro atoms. The highest BCUT2D eigenvalue weighted by Gasteiger charge is 2.10. The first-order chi connectivity index (χ1) is 9.02. The number of benzene rings is 1. The Hall–Kier alpha value is -1.69. The van der Waals surface area contributed by atoms with Crippen molar-refractivity contribution in [2.45, 2.75) is 12.8 Å². The molecule has 1 aromatic rings. The molecule has 0 fully saturated rings. The molecule has 0 aliphatic carbocycles. The van der Waals surface area contributed by atoms with E-state index >= 15 is 0 Å². The number of carbonyl (C=O) groups is 3. The van der Waals surface area contributed by atoms with Gasteiger partial charge in [-0.3, -0.25) is 14.4 Å². The maximum atomic E-state index is 11.7. The first-order valence-electron chi connectivity index (χ1n) is 5.65. The number of hydrogen-bond acceptors (Lipinski definition) is 4. The van der Waals surface area contributed by atoms with E-state index in [1.54, 1.807) is 24.3 Å². The number of hydrogen-bond donors (Lipinski definition) is 1. The quantitative estimate of drug-likeness (QED) is 0.807. The van der Waals surface area contributed by atoms with Crippen LogP contribution in [0.2, 0.25) is 0 Å². The van der Waals surface area contributed by atoms with Crippen LogP contribution in [0.25, 0.3) is 0 Å². The molecule has 6 heteroatoms. The second-order valence-electron chi connectivity index (χ2n) is 3.81. The highest BCUT2D eigenvalue weighted by molar-refractivity contribution is 9.10. The summed E-state index contributed by atoms with van der Waals surface area (Å²) in [5.41, 5.74) is 0.468. The second-order valence-corrected chi connectivity index (χ2v) is 4.72. The minimum Gasteiger partial charge on any atom is -0.469 e. The maximum absolute atomic E-state index is 11.7. The molecule has 0 radical (unpaired) electrons. The minimum atomic E-state index is -0.438. The zero-order valence-electron chi connectivity index (χ0n) is 10.4. The molecule has 0 bridgehead atoms. The summed E-state index contributed by atoms with van der Waals surface area (Å²) in [7, 11) is 1.27. The molecule has 0 heterocycles. The monoisotopic (exact) mass is 327 g/mol. The Labute approximate surface area is 119 Å². The number of methoxy groups -OCH3 is 1. The third-order valence-corrected chi connectivity index (χ3v) is 2.86. The Morgan fingerprint density at radius 2 is 2.00 bits per heavy atom. The molecule has 0 aliphatic rings. The molecular weight excluding hydrogens is 314 g/mol. The number of ketones is 1. The Balaban J connectivity index is 2.38. The topological polar surface area (TPSA) is 72.5 Å². The van der Waals surface area contributed by atoms with Crippen LogP contribution in [0.4, 0.5) is 0 Å². The molecule has 0 aliphatic heterocycles. The van der Waals surface area contributed by atoms with Crippen molar-refractivity contribution in [1.82, 2.24) is 5.32 Å². The van der Waals surface area contributed by atoms with E-state index in [4.69, 9.17) is 0 Å². The van der Waals surface area contributed by atoms with Crippen molar-refractivity contribution in [2.75, 3.05) is 13.7 Å². The zero-order valence-corrected chi connectivity index (χ0v) is 12.0. The Morgan fingerprint density at radius 1 is 1.26 bits per heavy atom. The third-order valence-electron chi connectivity index (χ3n) is 2.37. The summed E-state index contributed by atoms with van der Waals surface area (Å²) in [6.07, 6.45) is 0.0908. The third kappa shape index (κ3) is 5.65. The van der Waals surface area contributed by atoms with Gasteiger partial charge >= 0.3 is 5.97 Å². The van der Waals surface area contributed by atoms with Crippen LogP contribution in [-0.4, -0.2) is 31.3 Å². The van der Waals surface area contributed by atoms with E-state index < -0.39 is 5.97 Å². The van der Waals surface area contributed by atoms with Gasteiger partial charge in [0.25, 0.3) is 5.91 Å². The largest absolute Gasteiger partial charge is 0.469 e. The standard InChI is InChI=1S/C13H14BrNO4/c1-19-12(17)6-5-11(16)8-15-13(18)9-3-2-4-10(14)7-9/h2-4,7H,5-6,8H2,1H3,(H,15,18). The predicted molar refractivity (Wildman–Crippen MR) is 72.7 cm³/mol. The van der Waals surface area contributed by atoms with E-state index in [1.807, 2.05) is 0 Å². The lowest BCUT2D eigenvalue weighted by molar-refractivity contribution is -0.141. The SMILES string of the molecule is COC(=O)CCC(=O)CNC(=O)c1cccc(Br)c1. The summed E-state index contributed by atoms with van der Waals surface area (Å²) < 4.78 is 5.21. The van der Waals surface area contributed by atoms with Gasteiger partial charge in [-0.25, -0.2) is 0 Å². The number of ether oxygens (including phenoxy) is 1. The summed E-state index contributed by atoms with van der Waals surface area (Å²) in [5, 5.41) is 2.51. The van der Waals surface area contributed by atoms with E-state index in [-0.39, 0.29) is 31.1 Å². The highest BCUT2D eigenvalue weighted by Crippen LogP contribution is 2.11. The van der Waals surface area contributed by atoms with Crippen LogP contribution >= 0.6 is 15.9 Å². The highest BCUT2D eigenvalue weighted by atomic mass is 79.9. The van der Waals surface area contributed by atoms with Gasteiger partial charge < -0.3 is 10.1 Å². The van der Waals surface area contributed by atoms with Crippen LogP contribution in [0.5, 0.6) is 0 Å². The van der Waals surface area contributed by atoms with Crippen LogP contribution in [0.3, 0.4) is 0 Å². The molecule has 0 aromatic heterocycles. The predicted octanol–water partition coefficient (Wildman–Crippen LogP) is 1.70. The van der Waals surface area contributed by atoms with Crippen LogP contribution < -0.4 is 5.32 Å². The Bertz CT molecular complexity index is 487. The lowest BCUT2D eigenvalue weighted by Crippen LogP contribution is -2.29. The smallest absolute Gasteiger partial charge is 0.305 e. The number of amides is 1. The maximum Gasteiger partial charge on any atom is 0.305 e. The van der Waals surface area contributed by atoms with Gasteiger partial charge in [0, 0.05) is 16.5 Å². The van der Waals surface area contributed by atoms with E-state index in [9.17, 15) is 14.4 Å². The first kappa shape index (κ1) is 15.4. The fourth-order valence-electron chi connectivity index (χ4n) is 1.34. The molecule has 1 rings (SSSR count). The van der Waals surface area contributed by atoms with Gasteiger partial charge in [-0.15, -0.1) is 0 Å². The first-order valence-corrected chi connectivity index (χ1v) is 6.44. The summed E-state index contributed by atoms with van der Waals surface area (Å²) in [6, 6.07) is 6.85. The number of esters is 1. The van der Waals surface area contributed by atoms with E-state index in [2.05, 4.69) is 26.0 Å². The molecule has 1 aromatic carbocycles. The van der Waals surface area contributed by atoms with Crippen molar-refractivity contribution in [3.63, 3.8) is 0 Å². The van der Waals surface area contributed by atoms with Crippen molar-refractivity contribution in [2.24, 2.45) is 0 Å². The Morgan fingerprint density at radius 3 is 2.63 bits per heavy atom. The van der Waals surface area contributed by atoms with E-state index in [1.165, 1.54) is 7.11 Å². The van der Waals surface area contributed by atoms with Gasteiger partial charge in [0.1, 0.15) is 0 Å². The van der Waals surface area contributed by atoms with Crippen LogP contribution in [0, 0.1) is 0 Å². The lowest BCUT2D eigenvalue weighted by Gasteiger charge is -2.05. The molecule has 0 atom stereocenters.